The van der Waals surface area contributed by atoms with Gasteiger partial charge in [-0.25, -0.2) is 4.79 Å². The molecule has 1 heterocycles. The number of aliphatic hydroxyl groups excluding tert-OH is 3. The zero-order valence-electron chi connectivity index (χ0n) is 6.25. The van der Waals surface area contributed by atoms with Gasteiger partial charge in [0.25, 0.3) is 0 Å². The van der Waals surface area contributed by atoms with Gasteiger partial charge in [0.2, 0.25) is 0 Å². The lowest BCUT2D eigenvalue weighted by molar-refractivity contribution is -0.160. The van der Waals surface area contributed by atoms with Gasteiger partial charge in [-0.1, -0.05) is 0 Å². The maximum Gasteiger partial charge on any atom is 0.330 e. The third kappa shape index (κ3) is 1.82. The molecular formula is C7H10O5. The van der Waals surface area contributed by atoms with Crippen LogP contribution in [0.5, 0.6) is 0 Å². The van der Waals surface area contributed by atoms with Gasteiger partial charge in [0, 0.05) is 6.08 Å². The molecule has 0 unspecified atom stereocenters. The standard InChI is InChI=1S/C7H10O5/c8-3-5(10)7-4(9)1-2-6(11)12-7/h1-2,4-5,7-10H,3H2/t4-,5+,7+/m0/s1. The van der Waals surface area contributed by atoms with Gasteiger partial charge in [-0.15, -0.1) is 0 Å². The smallest absolute Gasteiger partial charge is 0.330 e. The van der Waals surface area contributed by atoms with Crippen molar-refractivity contribution in [1.82, 2.24) is 0 Å². The van der Waals surface area contributed by atoms with E-state index in [2.05, 4.69) is 4.74 Å². The third-order valence-corrected chi connectivity index (χ3v) is 1.58. The molecule has 5 nitrogen and oxygen atoms in total. The molecule has 1 aliphatic rings. The van der Waals surface area contributed by atoms with Crippen LogP contribution in [0, 0.1) is 0 Å². The molecule has 0 saturated heterocycles. The molecule has 68 valence electrons. The molecule has 0 radical (unpaired) electrons. The maximum absolute atomic E-state index is 10.6. The molecule has 3 N–H and O–H groups in total. The van der Waals surface area contributed by atoms with Crippen LogP contribution in [0.25, 0.3) is 0 Å². The first-order valence-corrected chi connectivity index (χ1v) is 3.51. The zero-order valence-corrected chi connectivity index (χ0v) is 6.25. The molecule has 0 aliphatic carbocycles. The van der Waals surface area contributed by atoms with Gasteiger partial charge in [0.1, 0.15) is 12.2 Å². The Morgan fingerprint density at radius 3 is 2.92 bits per heavy atom. The van der Waals surface area contributed by atoms with Gasteiger partial charge in [-0.3, -0.25) is 0 Å². The van der Waals surface area contributed by atoms with E-state index in [0.717, 1.165) is 6.08 Å². The van der Waals surface area contributed by atoms with Gasteiger partial charge in [-0.2, -0.15) is 0 Å². The van der Waals surface area contributed by atoms with Crippen LogP contribution < -0.4 is 0 Å². The molecule has 0 amide bonds. The van der Waals surface area contributed by atoms with Crippen molar-refractivity contribution in [1.29, 1.82) is 0 Å². The van der Waals surface area contributed by atoms with E-state index in [4.69, 9.17) is 15.3 Å². The molecule has 1 aliphatic heterocycles. The Bertz CT molecular complexity index is 200. The second-order valence-electron chi connectivity index (χ2n) is 2.50. The third-order valence-electron chi connectivity index (χ3n) is 1.58. The molecular weight excluding hydrogens is 164 g/mol. The monoisotopic (exact) mass is 174 g/mol. The SMILES string of the molecule is O=C1C=C[C@H](O)[C@H]([C@H](O)CO)O1. The van der Waals surface area contributed by atoms with Crippen molar-refractivity contribution in [3.05, 3.63) is 12.2 Å². The summed E-state index contributed by atoms with van der Waals surface area (Å²) in [5.74, 6) is -0.627. The van der Waals surface area contributed by atoms with Crippen LogP contribution in [0.1, 0.15) is 0 Å². The van der Waals surface area contributed by atoms with Crippen LogP contribution in [0.2, 0.25) is 0 Å². The predicted molar refractivity (Wildman–Crippen MR) is 38.1 cm³/mol. The highest BCUT2D eigenvalue weighted by Gasteiger charge is 2.31. The molecule has 0 aromatic carbocycles. The van der Waals surface area contributed by atoms with Crippen molar-refractivity contribution < 1.29 is 24.9 Å². The molecule has 0 saturated carbocycles. The minimum atomic E-state index is -1.24. The van der Waals surface area contributed by atoms with Crippen molar-refractivity contribution in [3.8, 4) is 0 Å². The molecule has 0 aromatic rings. The van der Waals surface area contributed by atoms with Crippen molar-refractivity contribution in [2.75, 3.05) is 6.61 Å². The number of aliphatic hydroxyl groups is 3. The Hall–Kier alpha value is -0.910. The highest BCUT2D eigenvalue weighted by atomic mass is 16.6. The average Bonchev–Trinajstić information content (AvgIpc) is 2.08. The zero-order chi connectivity index (χ0) is 9.14. The lowest BCUT2D eigenvalue weighted by Gasteiger charge is -2.26. The summed E-state index contributed by atoms with van der Waals surface area (Å²) in [4.78, 5) is 10.6. The Labute approximate surface area is 68.9 Å². The topological polar surface area (TPSA) is 87.0 Å². The van der Waals surface area contributed by atoms with E-state index in [1.807, 2.05) is 0 Å². The highest BCUT2D eigenvalue weighted by molar-refractivity contribution is 5.83. The summed E-state index contributed by atoms with van der Waals surface area (Å²) in [6.07, 6.45) is -1.06. The first-order valence-electron chi connectivity index (χ1n) is 3.51. The van der Waals surface area contributed by atoms with Crippen molar-refractivity contribution in [2.24, 2.45) is 0 Å². The molecule has 3 atom stereocenters. The average molecular weight is 174 g/mol. The molecule has 1 rings (SSSR count). The number of hydrogen-bond donors (Lipinski definition) is 3. The van der Waals surface area contributed by atoms with Crippen LogP contribution in [0.3, 0.4) is 0 Å². The van der Waals surface area contributed by atoms with E-state index in [1.165, 1.54) is 6.08 Å². The summed E-state index contributed by atoms with van der Waals surface area (Å²) in [6.45, 7) is -0.553. The number of ether oxygens (including phenoxy) is 1. The summed E-state index contributed by atoms with van der Waals surface area (Å²) >= 11 is 0. The van der Waals surface area contributed by atoms with Crippen molar-refractivity contribution in [3.63, 3.8) is 0 Å². The summed E-state index contributed by atoms with van der Waals surface area (Å²) in [5, 5.41) is 26.7. The van der Waals surface area contributed by atoms with E-state index >= 15 is 0 Å². The minimum absolute atomic E-state index is 0.553. The highest BCUT2D eigenvalue weighted by Crippen LogP contribution is 2.11. The van der Waals surface area contributed by atoms with Gasteiger partial charge in [0.05, 0.1) is 6.61 Å². The van der Waals surface area contributed by atoms with Crippen molar-refractivity contribution in [2.45, 2.75) is 18.3 Å². The number of esters is 1. The van der Waals surface area contributed by atoms with Crippen LogP contribution >= 0.6 is 0 Å². The molecule has 0 bridgehead atoms. The largest absolute Gasteiger partial charge is 0.453 e. The minimum Gasteiger partial charge on any atom is -0.453 e. The van der Waals surface area contributed by atoms with Crippen molar-refractivity contribution >= 4 is 5.97 Å². The fraction of sp³-hybridized carbons (Fsp3) is 0.571. The van der Waals surface area contributed by atoms with E-state index in [9.17, 15) is 4.79 Å². The quantitative estimate of drug-likeness (QED) is 0.429. The van der Waals surface area contributed by atoms with Gasteiger partial charge in [-0.05, 0) is 6.08 Å². The Morgan fingerprint density at radius 1 is 1.67 bits per heavy atom. The Morgan fingerprint density at radius 2 is 2.33 bits per heavy atom. The van der Waals surface area contributed by atoms with Crippen LogP contribution in [-0.4, -0.2) is 46.2 Å². The molecule has 0 spiro atoms. The van der Waals surface area contributed by atoms with Crippen LogP contribution in [0.4, 0.5) is 0 Å². The summed E-state index contributed by atoms with van der Waals surface area (Å²) in [6, 6.07) is 0. The Kier molecular flexibility index (Phi) is 2.80. The first kappa shape index (κ1) is 9.18. The number of rotatable bonds is 2. The fourth-order valence-electron chi connectivity index (χ4n) is 0.940. The molecule has 0 aromatic heterocycles. The lowest BCUT2D eigenvalue weighted by atomic mass is 10.1. The van der Waals surface area contributed by atoms with Crippen LogP contribution in [0.15, 0.2) is 12.2 Å². The number of hydrogen-bond acceptors (Lipinski definition) is 5. The lowest BCUT2D eigenvalue weighted by Crippen LogP contribution is -2.44. The van der Waals surface area contributed by atoms with E-state index in [1.54, 1.807) is 0 Å². The number of carbonyl (C=O) groups is 1. The molecule has 12 heavy (non-hydrogen) atoms. The normalized spacial score (nSPS) is 31.4. The number of cyclic esters (lactones) is 1. The maximum atomic E-state index is 10.6. The van der Waals surface area contributed by atoms with Gasteiger partial charge < -0.3 is 20.1 Å². The summed E-state index contributed by atoms with van der Waals surface area (Å²) < 4.78 is 4.57. The Balaban J connectivity index is 2.65. The van der Waals surface area contributed by atoms with Gasteiger partial charge >= 0.3 is 5.97 Å². The fourth-order valence-corrected chi connectivity index (χ4v) is 0.940. The van der Waals surface area contributed by atoms with E-state index < -0.39 is 30.9 Å². The second kappa shape index (κ2) is 3.66. The molecule has 0 fully saturated rings. The molecule has 5 heteroatoms. The van der Waals surface area contributed by atoms with Crippen LogP contribution in [-0.2, 0) is 9.53 Å². The summed E-state index contributed by atoms with van der Waals surface area (Å²) in [7, 11) is 0. The van der Waals surface area contributed by atoms with E-state index in [-0.39, 0.29) is 0 Å². The first-order chi connectivity index (χ1) is 5.65. The summed E-state index contributed by atoms with van der Waals surface area (Å²) in [5.41, 5.74) is 0. The van der Waals surface area contributed by atoms with E-state index in [0.29, 0.717) is 0 Å². The predicted octanol–water partition coefficient (Wildman–Crippen LogP) is -1.82. The number of carbonyl (C=O) groups excluding carboxylic acids is 1. The second-order valence-corrected chi connectivity index (χ2v) is 2.50. The van der Waals surface area contributed by atoms with Gasteiger partial charge in [0.15, 0.2) is 6.10 Å².